The minimum atomic E-state index is -2.50. The first-order valence-electron chi connectivity index (χ1n) is 3.22. The van der Waals surface area contributed by atoms with Crippen molar-refractivity contribution in [2.45, 2.75) is 0 Å². The van der Waals surface area contributed by atoms with E-state index in [0.717, 1.165) is 5.56 Å². The molecule has 1 aromatic rings. The van der Waals surface area contributed by atoms with Gasteiger partial charge >= 0.3 is 29.6 Å². The summed E-state index contributed by atoms with van der Waals surface area (Å²) in [7, 11) is 0. The molecule has 5 heteroatoms. The standard InChI is InChI=1S/C8H8O3S.Na.H/c1-2-7-3-5-8(6-4-7)11-12(9)10;;/h2-6H,1H2,(H,9,10);;/q;+1;-1/p-1. The van der Waals surface area contributed by atoms with Crippen molar-refractivity contribution in [2.24, 2.45) is 0 Å². The van der Waals surface area contributed by atoms with E-state index in [1.165, 1.54) is 0 Å². The van der Waals surface area contributed by atoms with Crippen LogP contribution in [0.1, 0.15) is 6.99 Å². The molecule has 0 amide bonds. The second kappa shape index (κ2) is 6.34. The third-order valence-corrected chi connectivity index (χ3v) is 1.61. The van der Waals surface area contributed by atoms with Crippen molar-refractivity contribution < 1.29 is 43.9 Å². The maximum Gasteiger partial charge on any atom is 1.00 e. The van der Waals surface area contributed by atoms with Gasteiger partial charge in [0, 0.05) is 0 Å². The van der Waals surface area contributed by atoms with Gasteiger partial charge in [-0.15, -0.1) is 0 Å². The zero-order valence-corrected chi connectivity index (χ0v) is 10.0. The summed E-state index contributed by atoms with van der Waals surface area (Å²) in [4.78, 5) is 0. The summed E-state index contributed by atoms with van der Waals surface area (Å²) in [6, 6.07) is 6.56. The summed E-state index contributed by atoms with van der Waals surface area (Å²) in [5.74, 6) is 0.300. The smallest absolute Gasteiger partial charge is 1.00 e. The molecule has 1 aromatic carbocycles. The van der Waals surface area contributed by atoms with Crippen LogP contribution in [0.5, 0.6) is 5.75 Å². The fourth-order valence-electron chi connectivity index (χ4n) is 0.738. The van der Waals surface area contributed by atoms with Crippen molar-refractivity contribution in [1.82, 2.24) is 0 Å². The summed E-state index contributed by atoms with van der Waals surface area (Å²) < 4.78 is 24.6. The molecule has 3 nitrogen and oxygen atoms in total. The van der Waals surface area contributed by atoms with Gasteiger partial charge < -0.3 is 10.2 Å². The number of rotatable bonds is 3. The fraction of sp³-hybridized carbons (Fsp3) is 0. The Bertz CT molecular complexity index is 302. The van der Waals surface area contributed by atoms with Gasteiger partial charge in [-0.05, 0) is 17.7 Å². The van der Waals surface area contributed by atoms with Crippen molar-refractivity contribution in [2.75, 3.05) is 0 Å². The molecule has 0 N–H and O–H groups in total. The Morgan fingerprint density at radius 3 is 2.38 bits per heavy atom. The Labute approximate surface area is 103 Å². The summed E-state index contributed by atoms with van der Waals surface area (Å²) in [6.45, 7) is 3.56. The predicted molar refractivity (Wildman–Crippen MR) is 47.2 cm³/mol. The molecule has 0 aliphatic heterocycles. The minimum Gasteiger partial charge on any atom is -1.00 e. The topological polar surface area (TPSA) is 49.4 Å². The van der Waals surface area contributed by atoms with E-state index in [0.29, 0.717) is 5.75 Å². The van der Waals surface area contributed by atoms with Crippen LogP contribution in [0.4, 0.5) is 0 Å². The molecule has 0 bridgehead atoms. The van der Waals surface area contributed by atoms with Gasteiger partial charge in [-0.2, -0.15) is 0 Å². The van der Waals surface area contributed by atoms with E-state index in [4.69, 9.17) is 0 Å². The molecular weight excluding hydrogens is 199 g/mol. The molecule has 0 heterocycles. The van der Waals surface area contributed by atoms with Gasteiger partial charge in [0.05, 0.1) is 0 Å². The third kappa shape index (κ3) is 4.59. The molecule has 0 fully saturated rings. The molecule has 0 aliphatic rings. The Morgan fingerprint density at radius 1 is 1.46 bits per heavy atom. The van der Waals surface area contributed by atoms with Gasteiger partial charge in [0.25, 0.3) is 0 Å². The Balaban J connectivity index is 0. The Kier molecular flexibility index (Phi) is 6.28. The monoisotopic (exact) mass is 207 g/mol. The second-order valence-electron chi connectivity index (χ2n) is 2.06. The molecule has 13 heavy (non-hydrogen) atoms. The van der Waals surface area contributed by atoms with Gasteiger partial charge in [0.15, 0.2) is 0 Å². The summed E-state index contributed by atoms with van der Waals surface area (Å²) >= 11 is -2.50. The van der Waals surface area contributed by atoms with Gasteiger partial charge in [-0.25, -0.2) is 4.21 Å². The van der Waals surface area contributed by atoms with E-state index in [-0.39, 0.29) is 31.0 Å². The predicted octanol–water partition coefficient (Wildman–Crippen LogP) is -1.38. The van der Waals surface area contributed by atoms with E-state index in [9.17, 15) is 8.76 Å². The molecule has 0 radical (unpaired) electrons. The average Bonchev–Trinajstić information content (AvgIpc) is 2.05. The zero-order chi connectivity index (χ0) is 8.97. The van der Waals surface area contributed by atoms with E-state index < -0.39 is 11.4 Å². The number of benzene rings is 1. The summed E-state index contributed by atoms with van der Waals surface area (Å²) in [6.07, 6.45) is 1.66. The first-order valence-corrected chi connectivity index (χ1v) is 4.22. The molecule has 66 valence electrons. The maximum atomic E-state index is 10.1. The Morgan fingerprint density at radius 2 is 2.00 bits per heavy atom. The average molecular weight is 207 g/mol. The molecule has 1 rings (SSSR count). The molecule has 0 spiro atoms. The van der Waals surface area contributed by atoms with Crippen LogP contribution >= 0.6 is 0 Å². The van der Waals surface area contributed by atoms with Crippen LogP contribution in [-0.4, -0.2) is 8.76 Å². The van der Waals surface area contributed by atoms with Gasteiger partial charge in [0.1, 0.15) is 17.1 Å². The van der Waals surface area contributed by atoms with Crippen molar-refractivity contribution in [3.63, 3.8) is 0 Å². The van der Waals surface area contributed by atoms with Crippen molar-refractivity contribution in [3.8, 4) is 5.75 Å². The zero-order valence-electron chi connectivity index (χ0n) is 8.23. The van der Waals surface area contributed by atoms with Crippen molar-refractivity contribution in [1.29, 1.82) is 0 Å². The van der Waals surface area contributed by atoms with E-state index in [1.54, 1.807) is 30.3 Å². The summed E-state index contributed by atoms with van der Waals surface area (Å²) in [5.41, 5.74) is 0.916. The van der Waals surface area contributed by atoms with E-state index in [2.05, 4.69) is 10.8 Å². The quantitative estimate of drug-likeness (QED) is 0.453. The minimum absolute atomic E-state index is 0. The van der Waals surface area contributed by atoms with Crippen LogP contribution in [0, 0.1) is 0 Å². The van der Waals surface area contributed by atoms with Crippen LogP contribution in [-0.2, 0) is 11.4 Å². The molecule has 1 atom stereocenters. The molecule has 0 aliphatic carbocycles. The third-order valence-electron chi connectivity index (χ3n) is 1.28. The molecule has 0 aromatic heterocycles. The van der Waals surface area contributed by atoms with E-state index in [1.807, 2.05) is 0 Å². The van der Waals surface area contributed by atoms with Crippen LogP contribution in [0.3, 0.4) is 0 Å². The van der Waals surface area contributed by atoms with E-state index >= 15 is 0 Å². The molecule has 1 unspecified atom stereocenters. The number of hydrogen-bond acceptors (Lipinski definition) is 3. The normalized spacial score (nSPS) is 11.2. The van der Waals surface area contributed by atoms with Gasteiger partial charge in [-0.3, -0.25) is 0 Å². The van der Waals surface area contributed by atoms with Crippen molar-refractivity contribution >= 4 is 17.4 Å². The summed E-state index contributed by atoms with van der Waals surface area (Å²) in [5, 5.41) is 0. The first-order chi connectivity index (χ1) is 5.72. The Hall–Kier alpha value is -0.130. The molecule has 0 saturated carbocycles. The second-order valence-corrected chi connectivity index (χ2v) is 2.64. The largest absolute Gasteiger partial charge is 1.00 e. The SMILES string of the molecule is C=Cc1ccc(OS(=O)[O-])cc1.[H-].[Na+]. The number of hydrogen-bond donors (Lipinski definition) is 0. The van der Waals surface area contributed by atoms with Crippen LogP contribution in [0.25, 0.3) is 6.08 Å². The van der Waals surface area contributed by atoms with Gasteiger partial charge in [0.2, 0.25) is 0 Å². The van der Waals surface area contributed by atoms with Crippen LogP contribution in [0.15, 0.2) is 30.8 Å². The van der Waals surface area contributed by atoms with Crippen LogP contribution in [0.2, 0.25) is 0 Å². The first kappa shape index (κ1) is 12.9. The van der Waals surface area contributed by atoms with Crippen LogP contribution < -0.4 is 33.7 Å². The van der Waals surface area contributed by atoms with Gasteiger partial charge in [-0.1, -0.05) is 24.8 Å². The molecule has 0 saturated heterocycles. The van der Waals surface area contributed by atoms with Crippen molar-refractivity contribution in [3.05, 3.63) is 36.4 Å². The fourth-order valence-corrected chi connectivity index (χ4v) is 1.01. The maximum absolute atomic E-state index is 10.1. The molecular formula is C8H8NaO3S-.